The Kier molecular flexibility index (Phi) is 3.57. The van der Waals surface area contributed by atoms with E-state index in [0.717, 1.165) is 0 Å². The van der Waals surface area contributed by atoms with E-state index >= 15 is 0 Å². The van der Waals surface area contributed by atoms with Crippen molar-refractivity contribution in [2.75, 3.05) is 0 Å². The van der Waals surface area contributed by atoms with Gasteiger partial charge in [0.15, 0.2) is 0 Å². The monoisotopic (exact) mass is 271 g/mol. The zero-order valence-electron chi connectivity index (χ0n) is 9.21. The van der Waals surface area contributed by atoms with Crippen LogP contribution in [0.4, 0.5) is 13.2 Å². The summed E-state index contributed by atoms with van der Waals surface area (Å²) in [6.07, 6.45) is -3.13. The van der Waals surface area contributed by atoms with Gasteiger partial charge in [0, 0.05) is 17.6 Å². The minimum Gasteiger partial charge on any atom is -0.256 e. The molecule has 5 heteroatoms. The molecule has 0 N–H and O–H groups in total. The molecule has 0 fully saturated rings. The zero-order chi connectivity index (χ0) is 13.2. The largest absolute Gasteiger partial charge is 0.418 e. The molecule has 0 bridgehead atoms. The second-order valence-electron chi connectivity index (χ2n) is 3.69. The van der Waals surface area contributed by atoms with Gasteiger partial charge in [-0.05, 0) is 11.6 Å². The normalized spacial score (nSPS) is 11.6. The van der Waals surface area contributed by atoms with E-state index in [0.29, 0.717) is 5.56 Å². The molecule has 0 atom stereocenters. The Morgan fingerprint density at radius 2 is 1.72 bits per heavy atom. The summed E-state index contributed by atoms with van der Waals surface area (Å²) in [4.78, 5) is 3.85. The third-order valence-corrected chi connectivity index (χ3v) is 2.80. The Balaban J connectivity index is 2.68. The highest BCUT2D eigenvalue weighted by Crippen LogP contribution is 2.38. The third-order valence-electron chi connectivity index (χ3n) is 2.51. The summed E-state index contributed by atoms with van der Waals surface area (Å²) in [5.74, 6) is -0.197. The van der Waals surface area contributed by atoms with Crippen molar-refractivity contribution in [3.8, 4) is 11.3 Å². The van der Waals surface area contributed by atoms with Crippen molar-refractivity contribution in [3.63, 3.8) is 0 Å². The average molecular weight is 272 g/mol. The number of hydrogen-bond acceptors (Lipinski definition) is 1. The van der Waals surface area contributed by atoms with Gasteiger partial charge >= 0.3 is 6.18 Å². The molecule has 0 unspecified atom stereocenters. The molecule has 0 aliphatic heterocycles. The summed E-state index contributed by atoms with van der Waals surface area (Å²) >= 11 is 5.57. The van der Waals surface area contributed by atoms with Crippen LogP contribution in [0.2, 0.25) is 0 Å². The van der Waals surface area contributed by atoms with Crippen LogP contribution in [0.1, 0.15) is 11.1 Å². The van der Waals surface area contributed by atoms with Crippen LogP contribution in [0.3, 0.4) is 0 Å². The lowest BCUT2D eigenvalue weighted by atomic mass is 10.0. The fourth-order valence-electron chi connectivity index (χ4n) is 1.74. The molecule has 2 rings (SSSR count). The number of hydrogen-bond donors (Lipinski definition) is 0. The van der Waals surface area contributed by atoms with Gasteiger partial charge in [-0.3, -0.25) is 4.98 Å². The molecule has 94 valence electrons. The quantitative estimate of drug-likeness (QED) is 0.733. The summed E-state index contributed by atoms with van der Waals surface area (Å²) < 4.78 is 39.2. The lowest BCUT2D eigenvalue weighted by molar-refractivity contribution is -0.137. The minimum absolute atomic E-state index is 0.0398. The van der Waals surface area contributed by atoms with Gasteiger partial charge < -0.3 is 0 Å². The predicted octanol–water partition coefficient (Wildman–Crippen LogP) is 4.51. The summed E-state index contributed by atoms with van der Waals surface area (Å²) in [7, 11) is 0. The maximum absolute atomic E-state index is 13.1. The molecular formula is C13H9ClF3N. The fourth-order valence-corrected chi connectivity index (χ4v) is 1.97. The van der Waals surface area contributed by atoms with Crippen LogP contribution in [0.25, 0.3) is 11.3 Å². The van der Waals surface area contributed by atoms with E-state index in [1.54, 1.807) is 30.3 Å². The van der Waals surface area contributed by atoms with Crippen LogP contribution < -0.4 is 0 Å². The van der Waals surface area contributed by atoms with Gasteiger partial charge in [-0.15, -0.1) is 11.6 Å². The Morgan fingerprint density at radius 3 is 2.28 bits per heavy atom. The number of aromatic nitrogens is 1. The van der Waals surface area contributed by atoms with Gasteiger partial charge in [-0.1, -0.05) is 30.3 Å². The van der Waals surface area contributed by atoms with Crippen molar-refractivity contribution in [1.29, 1.82) is 0 Å². The maximum atomic E-state index is 13.1. The Morgan fingerprint density at radius 1 is 1.06 bits per heavy atom. The smallest absolute Gasteiger partial charge is 0.256 e. The molecular weight excluding hydrogens is 263 g/mol. The van der Waals surface area contributed by atoms with Gasteiger partial charge in [0.1, 0.15) is 0 Å². The number of halogens is 4. The van der Waals surface area contributed by atoms with Gasteiger partial charge in [0.05, 0.1) is 11.3 Å². The highest BCUT2D eigenvalue weighted by Gasteiger charge is 2.36. The van der Waals surface area contributed by atoms with Crippen molar-refractivity contribution in [3.05, 3.63) is 53.7 Å². The van der Waals surface area contributed by atoms with E-state index in [2.05, 4.69) is 4.98 Å². The molecule has 1 heterocycles. The van der Waals surface area contributed by atoms with Gasteiger partial charge in [-0.2, -0.15) is 13.2 Å². The number of benzene rings is 1. The van der Waals surface area contributed by atoms with Gasteiger partial charge in [0.25, 0.3) is 0 Å². The first-order valence-electron chi connectivity index (χ1n) is 5.20. The van der Waals surface area contributed by atoms with Crippen molar-refractivity contribution in [2.24, 2.45) is 0 Å². The van der Waals surface area contributed by atoms with Crippen LogP contribution in [-0.2, 0) is 12.1 Å². The molecule has 0 saturated heterocycles. The lowest BCUT2D eigenvalue weighted by Crippen LogP contribution is -2.12. The summed E-state index contributed by atoms with van der Waals surface area (Å²) in [5, 5.41) is 0. The average Bonchev–Trinajstić information content (AvgIpc) is 2.38. The summed E-state index contributed by atoms with van der Waals surface area (Å²) in [5.41, 5.74) is -0.373. The standard InChI is InChI=1S/C13H9ClF3N/c14-8-10-6-7-18-12(11(10)13(15,16)17)9-4-2-1-3-5-9/h1-7H,8H2. The van der Waals surface area contributed by atoms with E-state index in [1.165, 1.54) is 12.3 Å². The van der Waals surface area contributed by atoms with Crippen LogP contribution >= 0.6 is 11.6 Å². The Bertz CT molecular complexity index is 538. The number of rotatable bonds is 2. The van der Waals surface area contributed by atoms with Crippen LogP contribution in [0.15, 0.2) is 42.6 Å². The number of nitrogens with zero attached hydrogens (tertiary/aromatic N) is 1. The SMILES string of the molecule is FC(F)(F)c1c(CCl)ccnc1-c1ccccc1. The maximum Gasteiger partial charge on any atom is 0.418 e. The van der Waals surface area contributed by atoms with Crippen LogP contribution in [0, 0.1) is 0 Å². The molecule has 0 saturated carbocycles. The van der Waals surface area contributed by atoms with Crippen molar-refractivity contribution in [2.45, 2.75) is 12.1 Å². The summed E-state index contributed by atoms with van der Waals surface area (Å²) in [6.45, 7) is 0. The highest BCUT2D eigenvalue weighted by atomic mass is 35.5. The molecule has 0 radical (unpaired) electrons. The first-order chi connectivity index (χ1) is 8.54. The van der Waals surface area contributed by atoms with Crippen molar-refractivity contribution < 1.29 is 13.2 Å². The molecule has 0 spiro atoms. The van der Waals surface area contributed by atoms with Crippen molar-refractivity contribution >= 4 is 11.6 Å². The second-order valence-corrected chi connectivity index (χ2v) is 3.96. The molecule has 2 aromatic rings. The van der Waals surface area contributed by atoms with Crippen LogP contribution in [0.5, 0.6) is 0 Å². The van der Waals surface area contributed by atoms with Crippen LogP contribution in [-0.4, -0.2) is 4.98 Å². The van der Waals surface area contributed by atoms with E-state index in [-0.39, 0.29) is 17.1 Å². The zero-order valence-corrected chi connectivity index (χ0v) is 9.96. The first kappa shape index (κ1) is 12.9. The van der Waals surface area contributed by atoms with E-state index in [4.69, 9.17) is 11.6 Å². The Hall–Kier alpha value is -1.55. The third kappa shape index (κ3) is 2.48. The number of alkyl halides is 4. The van der Waals surface area contributed by atoms with Gasteiger partial charge in [-0.25, -0.2) is 0 Å². The van der Waals surface area contributed by atoms with E-state index in [1.807, 2.05) is 0 Å². The molecule has 1 aromatic carbocycles. The fraction of sp³-hybridized carbons (Fsp3) is 0.154. The van der Waals surface area contributed by atoms with E-state index in [9.17, 15) is 13.2 Å². The molecule has 1 aromatic heterocycles. The first-order valence-corrected chi connectivity index (χ1v) is 5.74. The number of pyridine rings is 1. The van der Waals surface area contributed by atoms with E-state index < -0.39 is 11.7 Å². The topological polar surface area (TPSA) is 12.9 Å². The molecule has 1 nitrogen and oxygen atoms in total. The lowest BCUT2D eigenvalue weighted by Gasteiger charge is -2.15. The summed E-state index contributed by atoms with van der Waals surface area (Å²) in [6, 6.07) is 9.56. The van der Waals surface area contributed by atoms with Crippen molar-refractivity contribution in [1.82, 2.24) is 4.98 Å². The predicted molar refractivity (Wildman–Crippen MR) is 64.2 cm³/mol. The molecule has 18 heavy (non-hydrogen) atoms. The molecule has 0 amide bonds. The molecule has 0 aliphatic rings. The second kappa shape index (κ2) is 4.98. The molecule has 0 aliphatic carbocycles. The van der Waals surface area contributed by atoms with Gasteiger partial charge in [0.2, 0.25) is 0 Å². The minimum atomic E-state index is -4.47. The highest BCUT2D eigenvalue weighted by molar-refractivity contribution is 6.17. The Labute approximate surface area is 107 Å².